The Balaban J connectivity index is 3.79. The largest absolute Gasteiger partial charge is 0.623 e. The molecule has 8 nitrogen and oxygen atoms in total. The van der Waals surface area contributed by atoms with Crippen LogP contribution >= 0.6 is 0 Å². The molecule has 0 radical (unpaired) electrons. The van der Waals surface area contributed by atoms with Crippen LogP contribution < -0.4 is 0 Å². The number of hydrogen-bond acceptors (Lipinski definition) is 5. The first kappa shape index (κ1) is 15.9. The maximum absolute atomic E-state index is 12.0. The van der Waals surface area contributed by atoms with Crippen molar-refractivity contribution in [2.24, 2.45) is 0 Å². The van der Waals surface area contributed by atoms with Crippen molar-refractivity contribution in [1.82, 2.24) is 0 Å². The molecule has 0 spiro atoms. The van der Waals surface area contributed by atoms with Gasteiger partial charge in [-0.1, -0.05) is 0 Å². The molecule has 0 atom stereocenters. The number of rotatable bonds is 3. The van der Waals surface area contributed by atoms with E-state index in [4.69, 9.17) is 5.92 Å². The van der Waals surface area contributed by atoms with E-state index in [0.717, 1.165) is 12.1 Å². The van der Waals surface area contributed by atoms with E-state index in [9.17, 15) is 26.6 Å². The molecule has 0 aromatic heterocycles. The van der Waals surface area contributed by atoms with Crippen molar-refractivity contribution in [3.63, 3.8) is 0 Å². The van der Waals surface area contributed by atoms with Crippen molar-refractivity contribution < 1.29 is 32.1 Å². The predicted molar refractivity (Wildman–Crippen MR) is 74.6 cm³/mol. The van der Waals surface area contributed by atoms with Crippen LogP contribution in [0.15, 0.2) is 28.0 Å². The molecule has 0 bridgehead atoms. The molecule has 0 saturated heterocycles. The number of hydroxylamine groups is 1. The molecule has 0 aliphatic rings. The Morgan fingerprint density at radius 1 is 1.19 bits per heavy atom. The minimum Gasteiger partial charge on any atom is -0.623 e. The average molecular weight is 338 g/mol. The van der Waals surface area contributed by atoms with E-state index in [1.165, 1.54) is 20.8 Å². The van der Waals surface area contributed by atoms with Crippen LogP contribution in [0.3, 0.4) is 0 Å². The number of benzene rings is 1. The molecule has 2 N–H and O–H groups in total. The lowest BCUT2D eigenvalue weighted by Gasteiger charge is -2.19. The summed E-state index contributed by atoms with van der Waals surface area (Å²) >= 11 is 0. The average Bonchev–Trinajstić information content (AvgIpc) is 2.33. The highest BCUT2D eigenvalue weighted by atomic mass is 32.2. The summed E-state index contributed by atoms with van der Waals surface area (Å²) in [6.45, 7) is 4.44. The normalized spacial score (nSPS) is 15.4. The summed E-state index contributed by atoms with van der Waals surface area (Å²) in [4.78, 5) is -1.75. The molecule has 0 heterocycles. The summed E-state index contributed by atoms with van der Waals surface area (Å²) in [6, 6.07) is 2.15. The Morgan fingerprint density at radius 2 is 1.71 bits per heavy atom. The zero-order chi connectivity index (χ0) is 17.5. The second kappa shape index (κ2) is 5.37. The third-order valence-corrected chi connectivity index (χ3v) is 4.10. The monoisotopic (exact) mass is 338 g/mol. The van der Waals surface area contributed by atoms with Gasteiger partial charge < -0.3 is 5.21 Å². The highest BCUT2D eigenvalue weighted by Gasteiger charge is 2.23. The zero-order valence-corrected chi connectivity index (χ0v) is 13.1. The molecule has 118 valence electrons. The first-order valence-corrected chi connectivity index (χ1v) is 8.44. The standard InChI is InChI=1S/C11H15NO7S2/c1-11(2,3)12(13)7-8-4-5-9(20(14,15)16)6-10(8)21(17,18)19/h4-7H,1-3H3,(H,14,15,16)(H,17,18,19)/b12-7-/i7D. The van der Waals surface area contributed by atoms with Gasteiger partial charge in [0.05, 0.1) is 10.5 Å². The first-order valence-electron chi connectivity index (χ1n) is 6.06. The first-order chi connectivity index (χ1) is 9.65. The fourth-order valence-electron chi connectivity index (χ4n) is 1.25. The summed E-state index contributed by atoms with van der Waals surface area (Å²) in [5, 5.41) is 12.0. The maximum atomic E-state index is 12.0. The van der Waals surface area contributed by atoms with Crippen molar-refractivity contribution in [2.75, 3.05) is 0 Å². The van der Waals surface area contributed by atoms with E-state index in [2.05, 4.69) is 0 Å². The summed E-state index contributed by atoms with van der Waals surface area (Å²) < 4.78 is 70.9. The minimum absolute atomic E-state index is 0.212. The van der Waals surface area contributed by atoms with Gasteiger partial charge in [-0.2, -0.15) is 16.8 Å². The third kappa shape index (κ3) is 4.49. The second-order valence-corrected chi connectivity index (χ2v) is 8.00. The van der Waals surface area contributed by atoms with E-state index < -0.39 is 47.3 Å². The van der Waals surface area contributed by atoms with Crippen LogP contribution in [-0.2, 0) is 20.2 Å². The summed E-state index contributed by atoms with van der Waals surface area (Å²) in [6.07, 6.45) is -0.776. The minimum atomic E-state index is -4.92. The van der Waals surface area contributed by atoms with Gasteiger partial charge in [0.2, 0.25) is 0 Å². The van der Waals surface area contributed by atoms with Crippen LogP contribution in [0.4, 0.5) is 0 Å². The fourth-order valence-corrected chi connectivity index (χ4v) is 2.49. The zero-order valence-electron chi connectivity index (χ0n) is 12.4. The molecule has 10 heteroatoms. The Labute approximate surface area is 124 Å². The van der Waals surface area contributed by atoms with Crippen molar-refractivity contribution in [1.29, 1.82) is 0 Å². The van der Waals surface area contributed by atoms with Crippen LogP contribution in [0.25, 0.3) is 0 Å². The lowest BCUT2D eigenvalue weighted by atomic mass is 10.1. The van der Waals surface area contributed by atoms with Gasteiger partial charge in [0.25, 0.3) is 20.2 Å². The quantitative estimate of drug-likeness (QED) is 0.275. The maximum Gasteiger partial charge on any atom is 0.295 e. The summed E-state index contributed by atoms with van der Waals surface area (Å²) in [5.74, 6) is 0. The molecule has 0 aliphatic heterocycles. The predicted octanol–water partition coefficient (Wildman–Crippen LogP) is 0.908. The molecule has 0 fully saturated rings. The second-order valence-electron chi connectivity index (χ2n) is 5.19. The van der Waals surface area contributed by atoms with Gasteiger partial charge in [-0.15, -0.1) is 0 Å². The van der Waals surface area contributed by atoms with Crippen LogP contribution in [0.2, 0.25) is 0 Å². The van der Waals surface area contributed by atoms with Crippen molar-refractivity contribution in [3.05, 3.63) is 29.0 Å². The van der Waals surface area contributed by atoms with E-state index in [0.29, 0.717) is 6.07 Å². The molecule has 1 aromatic carbocycles. The Hall–Kier alpha value is -1.49. The van der Waals surface area contributed by atoms with Crippen molar-refractivity contribution in [2.45, 2.75) is 36.1 Å². The van der Waals surface area contributed by atoms with Gasteiger partial charge in [-0.25, -0.2) is 4.74 Å². The van der Waals surface area contributed by atoms with E-state index >= 15 is 0 Å². The highest BCUT2D eigenvalue weighted by molar-refractivity contribution is 7.86. The van der Waals surface area contributed by atoms with Gasteiger partial charge in [0, 0.05) is 20.8 Å². The lowest BCUT2D eigenvalue weighted by Crippen LogP contribution is -2.29. The Bertz CT molecular complexity index is 836. The van der Waals surface area contributed by atoms with Gasteiger partial charge in [-0.3, -0.25) is 9.11 Å². The SMILES string of the molecule is [2H]/C(c1ccc(S(=O)(=O)O)cc1S(=O)(=O)O)=[N+](/[O-])C(C)(C)C. The van der Waals surface area contributed by atoms with Crippen molar-refractivity contribution >= 4 is 26.4 Å². The Morgan fingerprint density at radius 3 is 2.10 bits per heavy atom. The van der Waals surface area contributed by atoms with Crippen LogP contribution in [0.1, 0.15) is 27.7 Å². The smallest absolute Gasteiger partial charge is 0.295 e. The molecule has 0 unspecified atom stereocenters. The molecule has 1 aromatic rings. The summed E-state index contributed by atoms with van der Waals surface area (Å²) in [5.41, 5.74) is -1.55. The summed E-state index contributed by atoms with van der Waals surface area (Å²) in [7, 11) is -9.64. The van der Waals surface area contributed by atoms with E-state index in [-0.39, 0.29) is 4.74 Å². The van der Waals surface area contributed by atoms with Crippen LogP contribution in [0, 0.1) is 5.21 Å². The topological polar surface area (TPSA) is 135 Å². The molecule has 0 saturated carbocycles. The van der Waals surface area contributed by atoms with Crippen LogP contribution in [0.5, 0.6) is 0 Å². The fraction of sp³-hybridized carbons (Fsp3) is 0.364. The molecular weight excluding hydrogens is 322 g/mol. The molecule has 0 amide bonds. The molecular formula is C11H15NO7S2. The molecule has 21 heavy (non-hydrogen) atoms. The van der Waals surface area contributed by atoms with Gasteiger partial charge in [-0.05, 0) is 18.2 Å². The van der Waals surface area contributed by atoms with Gasteiger partial charge in [0.15, 0.2) is 11.7 Å². The van der Waals surface area contributed by atoms with Gasteiger partial charge >= 0.3 is 0 Å². The molecule has 1 rings (SSSR count). The van der Waals surface area contributed by atoms with Crippen LogP contribution in [-0.4, -0.2) is 42.4 Å². The Kier molecular flexibility index (Phi) is 4.06. The van der Waals surface area contributed by atoms with Gasteiger partial charge in [0.1, 0.15) is 6.27 Å². The third-order valence-electron chi connectivity index (χ3n) is 2.36. The van der Waals surface area contributed by atoms with Crippen molar-refractivity contribution in [3.8, 4) is 0 Å². The van der Waals surface area contributed by atoms with E-state index in [1.807, 2.05) is 0 Å². The number of nitrogens with zero attached hydrogens (tertiary/aromatic N) is 1. The highest BCUT2D eigenvalue weighted by Crippen LogP contribution is 2.20. The lowest BCUT2D eigenvalue weighted by molar-refractivity contribution is -0.530. The number of hydrogen-bond donors (Lipinski definition) is 2. The molecule has 0 aliphatic carbocycles. The van der Waals surface area contributed by atoms with E-state index in [1.54, 1.807) is 0 Å².